The van der Waals surface area contributed by atoms with Gasteiger partial charge < -0.3 is 109 Å². The van der Waals surface area contributed by atoms with E-state index in [4.69, 9.17) is 37.9 Å². The normalized spacial score (nSPS) is 54.0. The van der Waals surface area contributed by atoms with Crippen LogP contribution in [0.4, 0.5) is 0 Å². The fourth-order valence-corrected chi connectivity index (χ4v) is 13.1. The van der Waals surface area contributed by atoms with Crippen molar-refractivity contribution in [3.8, 4) is 0 Å². The zero-order valence-corrected chi connectivity index (χ0v) is 38.3. The molecule has 0 radical (unpaired) electrons. The smallest absolute Gasteiger partial charge is 0.187 e. The molecule has 4 aliphatic heterocycles. The number of hydrogen-bond acceptors (Lipinski definition) is 23. The van der Waals surface area contributed by atoms with Crippen molar-refractivity contribution in [2.24, 2.45) is 34.5 Å². The summed E-state index contributed by atoms with van der Waals surface area (Å²) in [6, 6.07) is 0. The summed E-state index contributed by atoms with van der Waals surface area (Å²) in [5.74, 6) is -0.0776. The van der Waals surface area contributed by atoms with E-state index < -0.39 is 167 Å². The van der Waals surface area contributed by atoms with Crippen molar-refractivity contribution in [2.75, 3.05) is 26.4 Å². The molecule has 8 aliphatic rings. The largest absolute Gasteiger partial charge is 0.394 e. The highest BCUT2D eigenvalue weighted by Gasteiger charge is 2.64. The van der Waals surface area contributed by atoms with Gasteiger partial charge in [-0.15, -0.1) is 0 Å². The third kappa shape index (κ3) is 9.51. The lowest BCUT2D eigenvalue weighted by molar-refractivity contribution is -0.378. The van der Waals surface area contributed by atoms with Crippen LogP contribution in [0.2, 0.25) is 0 Å². The first kappa shape index (κ1) is 52.8. The van der Waals surface area contributed by atoms with Gasteiger partial charge in [0.1, 0.15) is 103 Å². The van der Waals surface area contributed by atoms with Crippen molar-refractivity contribution >= 4 is 5.78 Å². The molecular formula is C45H72O23. The van der Waals surface area contributed by atoms with Gasteiger partial charge in [-0.2, -0.15) is 0 Å². The summed E-state index contributed by atoms with van der Waals surface area (Å²) < 4.78 is 46.8. The molecule has 8 rings (SSSR count). The molecule has 14 N–H and O–H groups in total. The number of hydrogen-bond donors (Lipinski definition) is 14. The van der Waals surface area contributed by atoms with Crippen LogP contribution >= 0.6 is 0 Å². The molecular weight excluding hydrogens is 908 g/mol. The maximum Gasteiger partial charge on any atom is 0.187 e. The fraction of sp³-hybridized carbons (Fsp3) is 0.933. The lowest BCUT2D eigenvalue weighted by Gasteiger charge is -2.57. The number of carbonyl (C=O) groups excluding carboxylic acids is 1. The molecule has 28 unspecified atom stereocenters. The Morgan fingerprint density at radius 1 is 0.603 bits per heavy atom. The quantitative estimate of drug-likeness (QED) is 0.0767. The summed E-state index contributed by atoms with van der Waals surface area (Å²) in [6.07, 6.45) is -28.9. The average molecular weight is 981 g/mol. The number of rotatable bonds is 13. The van der Waals surface area contributed by atoms with E-state index >= 15 is 0 Å². The molecule has 0 aromatic carbocycles. The lowest BCUT2D eigenvalue weighted by atomic mass is 9.47. The van der Waals surface area contributed by atoms with E-state index in [1.807, 2.05) is 0 Å². The summed E-state index contributed by atoms with van der Waals surface area (Å²) in [5.41, 5.74) is 0.760. The van der Waals surface area contributed by atoms with Crippen LogP contribution in [0.1, 0.15) is 65.7 Å². The molecule has 7 fully saturated rings. The molecule has 0 bridgehead atoms. The van der Waals surface area contributed by atoms with Gasteiger partial charge in [-0.3, -0.25) is 4.79 Å². The predicted molar refractivity (Wildman–Crippen MR) is 224 cm³/mol. The van der Waals surface area contributed by atoms with Gasteiger partial charge in [-0.05, 0) is 80.5 Å². The van der Waals surface area contributed by atoms with Crippen LogP contribution in [-0.2, 0) is 42.7 Å². The minimum absolute atomic E-state index is 0.0560. The predicted octanol–water partition coefficient (Wildman–Crippen LogP) is -5.22. The molecule has 0 spiro atoms. The molecule has 28 atom stereocenters. The molecule has 0 amide bonds. The Morgan fingerprint density at radius 2 is 1.10 bits per heavy atom. The van der Waals surface area contributed by atoms with Gasteiger partial charge in [-0.25, -0.2) is 0 Å². The van der Waals surface area contributed by atoms with Gasteiger partial charge >= 0.3 is 0 Å². The molecule has 0 aromatic rings. The second-order valence-electron chi connectivity index (χ2n) is 20.9. The second kappa shape index (κ2) is 20.8. The van der Waals surface area contributed by atoms with Gasteiger partial charge in [0.25, 0.3) is 0 Å². The van der Waals surface area contributed by atoms with Crippen molar-refractivity contribution in [1.29, 1.82) is 0 Å². The maximum absolute atomic E-state index is 13.6. The van der Waals surface area contributed by atoms with E-state index in [-0.39, 0.29) is 29.1 Å². The second-order valence-corrected chi connectivity index (χ2v) is 20.9. The molecule has 390 valence electrons. The molecule has 68 heavy (non-hydrogen) atoms. The number of carbonyl (C=O) groups is 1. The third-order valence-corrected chi connectivity index (χ3v) is 17.0. The monoisotopic (exact) mass is 980 g/mol. The molecule has 4 heterocycles. The van der Waals surface area contributed by atoms with Crippen LogP contribution in [0.3, 0.4) is 0 Å². The first-order valence-electron chi connectivity index (χ1n) is 23.9. The summed E-state index contributed by atoms with van der Waals surface area (Å²) in [5, 5.41) is 149. The highest BCUT2D eigenvalue weighted by molar-refractivity contribution is 5.80. The highest BCUT2D eigenvalue weighted by Crippen LogP contribution is 2.67. The van der Waals surface area contributed by atoms with Crippen LogP contribution in [0.25, 0.3) is 0 Å². The first-order valence-corrected chi connectivity index (χ1v) is 23.9. The van der Waals surface area contributed by atoms with Crippen LogP contribution in [-0.4, -0.2) is 239 Å². The highest BCUT2D eigenvalue weighted by atomic mass is 16.8. The van der Waals surface area contributed by atoms with Crippen LogP contribution < -0.4 is 0 Å². The van der Waals surface area contributed by atoms with E-state index in [2.05, 4.69) is 19.9 Å². The minimum Gasteiger partial charge on any atom is -0.394 e. The summed E-state index contributed by atoms with van der Waals surface area (Å²) in [4.78, 5) is 13.6. The number of ether oxygens (including phenoxy) is 8. The van der Waals surface area contributed by atoms with Crippen molar-refractivity contribution in [1.82, 2.24) is 0 Å². The number of aliphatic hydroxyl groups excluding tert-OH is 14. The summed E-state index contributed by atoms with van der Waals surface area (Å²) >= 11 is 0. The lowest BCUT2D eigenvalue weighted by Crippen LogP contribution is -2.65. The standard InChI is InChI=1S/C45H72O23/c1-16(48)27-22(11-21-19-5-4-17-10-18(49)6-8-44(17,2)20(19)7-9-45(21,27)3)63-41-37(59)34(56)30(52)25(66-41)15-62-43-39(68-42-38(60)33(55)29(51)24(13-47)65-42)35(57)31(53)26(67-43)14-61-40-36(58)32(54)28(50)23(12-46)64-40/h4,18-43,46-47,49-60H,5-15H2,1-3H3. The topological polar surface area (TPSA) is 374 Å². The maximum atomic E-state index is 13.6. The van der Waals surface area contributed by atoms with Gasteiger partial charge in [0.05, 0.1) is 38.6 Å². The number of allylic oxidation sites excluding steroid dienone is 1. The van der Waals surface area contributed by atoms with Crippen LogP contribution in [0, 0.1) is 34.5 Å². The van der Waals surface area contributed by atoms with Gasteiger partial charge in [-0.1, -0.05) is 25.5 Å². The minimum atomic E-state index is -2.01. The Morgan fingerprint density at radius 3 is 1.69 bits per heavy atom. The molecule has 4 aliphatic carbocycles. The van der Waals surface area contributed by atoms with Crippen molar-refractivity contribution in [3.05, 3.63) is 11.6 Å². The summed E-state index contributed by atoms with van der Waals surface area (Å²) in [7, 11) is 0. The third-order valence-electron chi connectivity index (χ3n) is 17.0. The van der Waals surface area contributed by atoms with Gasteiger partial charge in [0.2, 0.25) is 0 Å². The van der Waals surface area contributed by atoms with Crippen molar-refractivity contribution in [2.45, 2.75) is 201 Å². The van der Waals surface area contributed by atoms with Crippen LogP contribution in [0.5, 0.6) is 0 Å². The van der Waals surface area contributed by atoms with E-state index in [1.54, 1.807) is 0 Å². The Bertz CT molecular complexity index is 1750. The molecule has 0 aromatic heterocycles. The number of ketones is 1. The number of Topliss-reactive ketones (excluding diaryl/α,β-unsaturated/α-hetero) is 1. The first-order chi connectivity index (χ1) is 32.1. The van der Waals surface area contributed by atoms with Gasteiger partial charge in [0, 0.05) is 5.92 Å². The van der Waals surface area contributed by atoms with Gasteiger partial charge in [0.15, 0.2) is 25.2 Å². The fourth-order valence-electron chi connectivity index (χ4n) is 13.1. The molecule has 23 nitrogen and oxygen atoms in total. The zero-order valence-electron chi connectivity index (χ0n) is 38.3. The number of aliphatic hydroxyl groups is 14. The SMILES string of the molecule is CC(=O)C1C(OC2OC(COC3OC(COC4OC(CO)C(O)C(O)C4O)C(O)C(O)C3OC3OC(CO)C(O)C(O)C3O)C(O)C(O)C2O)CC2C3CC=C4CC(O)CCC4(C)C3CCC21C. The molecule has 23 heteroatoms. The Balaban J connectivity index is 0.990. The van der Waals surface area contributed by atoms with E-state index in [0.29, 0.717) is 18.8 Å². The number of fused-ring (bicyclic) bond motifs is 5. The van der Waals surface area contributed by atoms with E-state index in [0.717, 1.165) is 32.1 Å². The average Bonchev–Trinajstić information content (AvgIpc) is 3.62. The Labute approximate surface area is 392 Å². The van der Waals surface area contributed by atoms with Crippen molar-refractivity contribution < 1.29 is 114 Å². The Kier molecular flexibility index (Phi) is 16.2. The van der Waals surface area contributed by atoms with E-state index in [9.17, 15) is 76.3 Å². The molecule has 3 saturated carbocycles. The Hall–Kier alpha value is -1.47. The summed E-state index contributed by atoms with van der Waals surface area (Å²) in [6.45, 7) is 2.90. The van der Waals surface area contributed by atoms with Crippen LogP contribution in [0.15, 0.2) is 11.6 Å². The zero-order chi connectivity index (χ0) is 49.3. The van der Waals surface area contributed by atoms with Crippen molar-refractivity contribution in [3.63, 3.8) is 0 Å². The molecule has 4 saturated heterocycles. The van der Waals surface area contributed by atoms with E-state index in [1.165, 1.54) is 12.5 Å².